The van der Waals surface area contributed by atoms with E-state index in [9.17, 15) is 14.4 Å². The highest BCUT2D eigenvalue weighted by Crippen LogP contribution is 2.27. The zero-order valence-electron chi connectivity index (χ0n) is 19.6. The maximum Gasteiger partial charge on any atom is 0.411 e. The number of carbonyl (C=O) groups excluding carboxylic acids is 3. The first-order valence-electron chi connectivity index (χ1n) is 11.2. The van der Waals surface area contributed by atoms with Gasteiger partial charge >= 0.3 is 18.2 Å². The fourth-order valence-electron chi connectivity index (χ4n) is 3.71. The van der Waals surface area contributed by atoms with E-state index >= 15 is 0 Å². The van der Waals surface area contributed by atoms with Gasteiger partial charge in [0.2, 0.25) is 0 Å². The van der Waals surface area contributed by atoms with Crippen LogP contribution in [0.3, 0.4) is 0 Å². The molecule has 2 atom stereocenters. The summed E-state index contributed by atoms with van der Waals surface area (Å²) < 4.78 is 15.6. The third-order valence-electron chi connectivity index (χ3n) is 5.31. The van der Waals surface area contributed by atoms with Crippen LogP contribution < -0.4 is 5.32 Å². The van der Waals surface area contributed by atoms with E-state index in [1.165, 1.54) is 7.11 Å². The van der Waals surface area contributed by atoms with Crippen molar-refractivity contribution in [3.8, 4) is 0 Å². The lowest BCUT2D eigenvalue weighted by Gasteiger charge is -2.39. The lowest BCUT2D eigenvalue weighted by atomic mass is 9.89. The topological polar surface area (TPSA) is 94.2 Å². The van der Waals surface area contributed by atoms with Crippen molar-refractivity contribution in [3.05, 3.63) is 35.9 Å². The predicted molar refractivity (Wildman–Crippen MR) is 120 cm³/mol. The third-order valence-corrected chi connectivity index (χ3v) is 5.31. The number of benzene rings is 1. The molecule has 1 aliphatic heterocycles. The molecule has 32 heavy (non-hydrogen) atoms. The zero-order valence-corrected chi connectivity index (χ0v) is 19.6. The van der Waals surface area contributed by atoms with Crippen molar-refractivity contribution in [3.63, 3.8) is 0 Å². The smallest absolute Gasteiger partial charge is 0.411 e. The molecule has 1 aliphatic rings. The van der Waals surface area contributed by atoms with E-state index in [0.717, 1.165) is 31.2 Å². The molecule has 0 spiro atoms. The molecule has 2 amide bonds. The van der Waals surface area contributed by atoms with Crippen LogP contribution >= 0.6 is 0 Å². The number of unbranched alkanes of at least 4 members (excludes halogenated alkanes) is 1. The monoisotopic (exact) mass is 448 g/mol. The molecule has 0 aliphatic carbocycles. The summed E-state index contributed by atoms with van der Waals surface area (Å²) in [5.41, 5.74) is 0.267. The molecule has 1 N–H and O–H groups in total. The molecule has 178 valence electrons. The Balaban J connectivity index is 1.94. The number of likely N-dealkylation sites (tertiary alicyclic amines) is 1. The van der Waals surface area contributed by atoms with Crippen LogP contribution in [0, 0.1) is 5.92 Å². The van der Waals surface area contributed by atoms with Gasteiger partial charge in [0, 0.05) is 13.0 Å². The van der Waals surface area contributed by atoms with Gasteiger partial charge in [0.05, 0.1) is 7.11 Å². The molecule has 1 aromatic carbocycles. The van der Waals surface area contributed by atoms with Crippen molar-refractivity contribution in [1.82, 2.24) is 10.2 Å². The van der Waals surface area contributed by atoms with Crippen molar-refractivity contribution < 1.29 is 28.6 Å². The Kier molecular flexibility index (Phi) is 9.81. The van der Waals surface area contributed by atoms with Gasteiger partial charge in [-0.05, 0) is 51.5 Å². The summed E-state index contributed by atoms with van der Waals surface area (Å²) in [5.74, 6) is 0.121. The number of ether oxygens (including phenoxy) is 3. The van der Waals surface area contributed by atoms with E-state index < -0.39 is 24.0 Å². The Morgan fingerprint density at radius 1 is 1.12 bits per heavy atom. The van der Waals surface area contributed by atoms with Gasteiger partial charge in [-0.2, -0.15) is 0 Å². The number of nitrogens with one attached hydrogen (secondary N) is 1. The minimum absolute atomic E-state index is 0.173. The Bertz CT molecular complexity index is 747. The van der Waals surface area contributed by atoms with Crippen LogP contribution in [0.1, 0.15) is 64.9 Å². The number of methoxy groups -OCH3 is 1. The molecule has 1 unspecified atom stereocenters. The summed E-state index contributed by atoms with van der Waals surface area (Å²) in [7, 11) is 1.39. The Morgan fingerprint density at radius 2 is 1.84 bits per heavy atom. The number of hydrogen-bond donors (Lipinski definition) is 1. The van der Waals surface area contributed by atoms with Crippen molar-refractivity contribution in [2.45, 2.75) is 77.7 Å². The second-order valence-electron chi connectivity index (χ2n) is 9.11. The summed E-state index contributed by atoms with van der Waals surface area (Å²) >= 11 is 0. The highest BCUT2D eigenvalue weighted by Gasteiger charge is 2.34. The number of carbonyl (C=O) groups is 3. The molecule has 0 bridgehead atoms. The van der Waals surface area contributed by atoms with Gasteiger partial charge in [0.1, 0.15) is 18.4 Å². The average molecular weight is 449 g/mol. The number of hydrogen-bond acceptors (Lipinski definition) is 6. The Morgan fingerprint density at radius 3 is 2.50 bits per heavy atom. The molecule has 1 aromatic rings. The van der Waals surface area contributed by atoms with Crippen LogP contribution in [0.15, 0.2) is 30.3 Å². The summed E-state index contributed by atoms with van der Waals surface area (Å²) in [6.07, 6.45) is 2.86. The molecule has 2 rings (SSSR count). The lowest BCUT2D eigenvalue weighted by molar-refractivity contribution is -0.140. The molecular formula is C24H36N2O6. The summed E-state index contributed by atoms with van der Waals surface area (Å²) in [4.78, 5) is 38.0. The number of amides is 2. The molecule has 1 saturated heterocycles. The minimum atomic E-state index is -0.634. The van der Waals surface area contributed by atoms with E-state index in [1.807, 2.05) is 30.3 Å². The highest BCUT2D eigenvalue weighted by atomic mass is 16.6. The maximum absolute atomic E-state index is 12.8. The van der Waals surface area contributed by atoms with Gasteiger partial charge in [0.15, 0.2) is 0 Å². The summed E-state index contributed by atoms with van der Waals surface area (Å²) in [5, 5.41) is 2.84. The number of piperidine rings is 1. The van der Waals surface area contributed by atoms with E-state index in [-0.39, 0.29) is 12.6 Å². The Hall–Kier alpha value is -2.77. The summed E-state index contributed by atoms with van der Waals surface area (Å²) in [6.45, 7) is 6.04. The van der Waals surface area contributed by atoms with Crippen LogP contribution in [0.25, 0.3) is 0 Å². The van der Waals surface area contributed by atoms with Gasteiger partial charge < -0.3 is 19.5 Å². The SMILES string of the molecule is COC(=O)CCCCC1CCN(C(=O)OCc2ccccc2)[C@H](NC(=O)OC(C)(C)C)C1. The number of alkyl carbamates (subject to hydrolysis) is 1. The quantitative estimate of drug-likeness (QED) is 0.354. The van der Waals surface area contributed by atoms with Crippen LogP contribution in [0.2, 0.25) is 0 Å². The number of nitrogens with zero attached hydrogens (tertiary/aromatic N) is 1. The average Bonchev–Trinajstić information content (AvgIpc) is 2.74. The number of rotatable bonds is 8. The Labute approximate surface area is 190 Å². The molecule has 0 aromatic heterocycles. The normalized spacial score (nSPS) is 18.6. The van der Waals surface area contributed by atoms with Crippen LogP contribution in [-0.2, 0) is 25.6 Å². The van der Waals surface area contributed by atoms with Gasteiger partial charge in [-0.3, -0.25) is 9.69 Å². The standard InChI is InChI=1S/C24H36N2O6/c1-24(2,3)32-22(28)25-20-16-18(10-8-9-13-21(27)30-4)14-15-26(20)23(29)31-17-19-11-6-5-7-12-19/h5-7,11-12,18,20H,8-10,13-17H2,1-4H3,(H,25,28)/t18?,20-/m0/s1. The minimum Gasteiger partial charge on any atom is -0.469 e. The first kappa shape index (κ1) is 25.5. The molecule has 8 nitrogen and oxygen atoms in total. The van der Waals surface area contributed by atoms with Crippen LogP contribution in [-0.4, -0.2) is 48.5 Å². The fraction of sp³-hybridized carbons (Fsp3) is 0.625. The van der Waals surface area contributed by atoms with Crippen molar-refractivity contribution in [2.24, 2.45) is 5.92 Å². The number of esters is 1. The van der Waals surface area contributed by atoms with Crippen LogP contribution in [0.4, 0.5) is 9.59 Å². The molecule has 1 fully saturated rings. The van der Waals surface area contributed by atoms with Crippen molar-refractivity contribution in [1.29, 1.82) is 0 Å². The van der Waals surface area contributed by atoms with E-state index in [0.29, 0.717) is 25.3 Å². The maximum atomic E-state index is 12.8. The van der Waals surface area contributed by atoms with Gasteiger partial charge in [-0.1, -0.05) is 43.2 Å². The van der Waals surface area contributed by atoms with E-state index in [4.69, 9.17) is 9.47 Å². The molecule has 0 saturated carbocycles. The third kappa shape index (κ3) is 9.16. The van der Waals surface area contributed by atoms with Crippen molar-refractivity contribution >= 4 is 18.2 Å². The zero-order chi connectivity index (χ0) is 23.6. The molecular weight excluding hydrogens is 412 g/mol. The van der Waals surface area contributed by atoms with Crippen molar-refractivity contribution in [2.75, 3.05) is 13.7 Å². The van der Waals surface area contributed by atoms with E-state index in [2.05, 4.69) is 10.1 Å². The lowest BCUT2D eigenvalue weighted by Crippen LogP contribution is -2.55. The van der Waals surface area contributed by atoms with Crippen LogP contribution in [0.5, 0.6) is 0 Å². The second-order valence-corrected chi connectivity index (χ2v) is 9.11. The molecule has 1 heterocycles. The highest BCUT2D eigenvalue weighted by molar-refractivity contribution is 5.71. The van der Waals surface area contributed by atoms with Gasteiger partial charge in [0.25, 0.3) is 0 Å². The second kappa shape index (κ2) is 12.3. The predicted octanol–water partition coefficient (Wildman–Crippen LogP) is 4.62. The first-order valence-corrected chi connectivity index (χ1v) is 11.2. The van der Waals surface area contributed by atoms with Gasteiger partial charge in [-0.25, -0.2) is 9.59 Å². The fourth-order valence-corrected chi connectivity index (χ4v) is 3.71. The molecule has 0 radical (unpaired) electrons. The first-order chi connectivity index (χ1) is 15.2. The summed E-state index contributed by atoms with van der Waals surface area (Å²) in [6, 6.07) is 9.47. The molecule has 8 heteroatoms. The van der Waals surface area contributed by atoms with Gasteiger partial charge in [-0.15, -0.1) is 0 Å². The largest absolute Gasteiger partial charge is 0.469 e. The van der Waals surface area contributed by atoms with E-state index in [1.54, 1.807) is 25.7 Å².